The van der Waals surface area contributed by atoms with Gasteiger partial charge >= 0.3 is 23.5 Å². The van der Waals surface area contributed by atoms with Gasteiger partial charge in [-0.05, 0) is 19.1 Å². The molecule has 13 N–H and O–H groups in total. The molecule has 4 atom stereocenters. The van der Waals surface area contributed by atoms with Gasteiger partial charge in [-0.2, -0.15) is 5.10 Å². The highest BCUT2D eigenvalue weighted by atomic mass is 35.5. The lowest BCUT2D eigenvalue weighted by Gasteiger charge is -2.24. The minimum absolute atomic E-state index is 0.0716. The predicted octanol–water partition coefficient (Wildman–Crippen LogP) is -2.68. The number of phosphoric acid groups is 3. The molecule has 1 saturated heterocycles. The number of aliphatic hydroxyl groups is 2. The van der Waals surface area contributed by atoms with E-state index in [4.69, 9.17) is 79.8 Å². The number of rotatable bonds is 2. The van der Waals surface area contributed by atoms with E-state index < -0.39 is 47.4 Å². The van der Waals surface area contributed by atoms with Crippen molar-refractivity contribution in [3.05, 3.63) is 24.2 Å². The van der Waals surface area contributed by atoms with Crippen molar-refractivity contribution < 1.29 is 72.7 Å². The van der Waals surface area contributed by atoms with E-state index in [1.54, 1.807) is 23.6 Å². The first-order chi connectivity index (χ1) is 15.5. The summed E-state index contributed by atoms with van der Waals surface area (Å²) in [5.74, 6) is 0.404. The zero-order valence-corrected chi connectivity index (χ0v) is 20.8. The third kappa shape index (κ3) is 13.7. The van der Waals surface area contributed by atoms with Crippen LogP contribution in [0.2, 0.25) is 0 Å². The zero-order chi connectivity index (χ0) is 28.0. The Morgan fingerprint density at radius 3 is 1.80 bits per heavy atom. The number of aliphatic hydroxyl groups excluding tert-OH is 2. The van der Waals surface area contributed by atoms with Gasteiger partial charge in [0, 0.05) is 0 Å². The van der Waals surface area contributed by atoms with E-state index in [2.05, 4.69) is 10.1 Å². The van der Waals surface area contributed by atoms with Gasteiger partial charge in [0.2, 0.25) is 0 Å². The fourth-order valence-corrected chi connectivity index (χ4v) is 2.71. The molecule has 35 heavy (non-hydrogen) atoms. The molecule has 204 valence electrons. The molecule has 0 spiro atoms. The van der Waals surface area contributed by atoms with Crippen LogP contribution in [0.25, 0.3) is 5.52 Å². The molecule has 0 saturated carbocycles. The number of nitrogen functional groups attached to an aromatic ring is 1. The van der Waals surface area contributed by atoms with Gasteiger partial charge in [-0.15, -0.1) is 11.6 Å². The minimum atomic E-state index is -4.64. The SMILES string of the molecule is C[C@@]1(CCl)O[C@@H](c2ccc3c(N)ncnn23)[C@H](O)[C@@H]1O.O=P(O)(O)O.O=P(O)(O)O.O=P(O)(O)O. The van der Waals surface area contributed by atoms with Gasteiger partial charge in [0.1, 0.15) is 35.8 Å². The summed E-state index contributed by atoms with van der Waals surface area (Å²) in [5.41, 5.74) is 5.97. The normalized spacial score (nSPS) is 24.4. The molecule has 1 aliphatic rings. The molecule has 0 bridgehead atoms. The first-order valence-corrected chi connectivity index (χ1v) is 13.7. The Kier molecular flexibility index (Phi) is 12.5. The smallest absolute Gasteiger partial charge is 0.387 e. The second kappa shape index (κ2) is 12.9. The molecule has 0 aromatic carbocycles. The second-order valence-electron chi connectivity index (χ2n) is 6.66. The maximum Gasteiger partial charge on any atom is 0.466 e. The highest BCUT2D eigenvalue weighted by molar-refractivity contribution is 7.45. The van der Waals surface area contributed by atoms with E-state index in [0.717, 1.165) is 0 Å². The van der Waals surface area contributed by atoms with Gasteiger partial charge in [0.05, 0.1) is 11.6 Å². The summed E-state index contributed by atoms with van der Waals surface area (Å²) in [5, 5.41) is 24.4. The fraction of sp³-hybridized carbons (Fsp3) is 0.500. The van der Waals surface area contributed by atoms with Crippen molar-refractivity contribution in [2.24, 2.45) is 0 Å². The van der Waals surface area contributed by atoms with Crippen molar-refractivity contribution in [2.45, 2.75) is 30.8 Å². The average molecular weight is 593 g/mol. The number of aromatic nitrogens is 3. The summed E-state index contributed by atoms with van der Waals surface area (Å²) in [4.78, 5) is 68.6. The van der Waals surface area contributed by atoms with Crippen molar-refractivity contribution in [1.29, 1.82) is 0 Å². The molecule has 1 fully saturated rings. The molecule has 19 nitrogen and oxygen atoms in total. The van der Waals surface area contributed by atoms with E-state index in [0.29, 0.717) is 17.0 Å². The number of fused-ring (bicyclic) bond motifs is 1. The molecule has 23 heteroatoms. The maximum absolute atomic E-state index is 10.2. The van der Waals surface area contributed by atoms with E-state index >= 15 is 0 Å². The standard InChI is InChI=1S/C12H15ClN4O3.3H3O4P/c1-12(4-13)10(19)8(18)9(20-12)6-2-3-7-11(14)15-5-16-17(6)7;3*1-5(2,3)4/h2-3,5,8-10,18-19H,4H2,1H3,(H2,14,15,16);3*(H3,1,2,3,4)/t8-,9-,10-,12-;;;/m0.../s1. The van der Waals surface area contributed by atoms with E-state index in [1.807, 2.05) is 0 Å². The summed E-state index contributed by atoms with van der Waals surface area (Å²) < 4.78 is 34.0. The molecule has 1 aliphatic heterocycles. The van der Waals surface area contributed by atoms with E-state index in [-0.39, 0.29) is 5.88 Å². The largest absolute Gasteiger partial charge is 0.466 e. The Hall–Kier alpha value is -1.08. The molecule has 0 aliphatic carbocycles. The number of hydrogen-bond acceptors (Lipinski definition) is 9. The summed E-state index contributed by atoms with van der Waals surface area (Å²) in [6, 6.07) is 3.48. The number of anilines is 1. The number of nitrogens with two attached hydrogens (primary N) is 1. The third-order valence-corrected chi connectivity index (χ3v) is 4.25. The van der Waals surface area contributed by atoms with Crippen LogP contribution in [0.4, 0.5) is 5.82 Å². The lowest BCUT2D eigenvalue weighted by Crippen LogP contribution is -2.41. The molecule has 3 rings (SSSR count). The molecule has 0 amide bonds. The van der Waals surface area contributed by atoms with Gasteiger partial charge in [0.25, 0.3) is 0 Å². The quantitative estimate of drug-likeness (QED) is 0.125. The molecule has 3 heterocycles. The summed E-state index contributed by atoms with van der Waals surface area (Å²) in [6.07, 6.45) is -1.57. The highest BCUT2D eigenvalue weighted by Gasteiger charge is 2.52. The van der Waals surface area contributed by atoms with Gasteiger partial charge in [-0.3, -0.25) is 0 Å². The Morgan fingerprint density at radius 1 is 1.00 bits per heavy atom. The lowest BCUT2D eigenvalue weighted by atomic mass is 9.98. The second-order valence-corrected chi connectivity index (χ2v) is 10.0. The van der Waals surface area contributed by atoms with E-state index in [1.165, 1.54) is 6.33 Å². The van der Waals surface area contributed by atoms with E-state index in [9.17, 15) is 10.2 Å². The summed E-state index contributed by atoms with van der Waals surface area (Å²) in [6.45, 7) is 1.66. The van der Waals surface area contributed by atoms with Crippen LogP contribution in [-0.2, 0) is 18.4 Å². The van der Waals surface area contributed by atoms with Crippen LogP contribution in [0.15, 0.2) is 18.5 Å². The number of halogens is 1. The molecule has 0 unspecified atom stereocenters. The maximum atomic E-state index is 10.2. The van der Waals surface area contributed by atoms with Gasteiger partial charge < -0.3 is 64.7 Å². The predicted molar refractivity (Wildman–Crippen MR) is 115 cm³/mol. The topological polar surface area (TPSA) is 339 Å². The van der Waals surface area contributed by atoms with Gasteiger partial charge in [-0.25, -0.2) is 23.2 Å². The van der Waals surface area contributed by atoms with Crippen LogP contribution in [0.3, 0.4) is 0 Å². The fourth-order valence-electron chi connectivity index (χ4n) is 2.49. The molecule has 0 radical (unpaired) electrons. The Balaban J connectivity index is 0.000000635. The van der Waals surface area contributed by atoms with Crippen LogP contribution < -0.4 is 5.73 Å². The van der Waals surface area contributed by atoms with Gasteiger partial charge in [0.15, 0.2) is 5.82 Å². The molecular formula is C12H24ClN4O15P3. The Labute approximate surface area is 200 Å². The first kappa shape index (κ1) is 33.9. The third-order valence-electron chi connectivity index (χ3n) is 3.72. The van der Waals surface area contributed by atoms with Crippen molar-refractivity contribution in [2.75, 3.05) is 11.6 Å². The van der Waals surface area contributed by atoms with Crippen molar-refractivity contribution >= 4 is 46.4 Å². The van der Waals surface area contributed by atoms with Crippen LogP contribution in [0.1, 0.15) is 18.7 Å². The minimum Gasteiger partial charge on any atom is -0.387 e. The van der Waals surface area contributed by atoms with Crippen molar-refractivity contribution in [3.8, 4) is 0 Å². The lowest BCUT2D eigenvalue weighted by molar-refractivity contribution is -0.0558. The molecule has 2 aromatic rings. The van der Waals surface area contributed by atoms with Crippen LogP contribution in [-0.4, -0.2) is 92.5 Å². The average Bonchev–Trinajstić information content (AvgIpc) is 3.14. The molecular weight excluding hydrogens is 569 g/mol. The number of hydrogen-bond donors (Lipinski definition) is 12. The Bertz CT molecular complexity index is 1030. The van der Waals surface area contributed by atoms with Crippen molar-refractivity contribution in [3.63, 3.8) is 0 Å². The van der Waals surface area contributed by atoms with Crippen LogP contribution >= 0.6 is 35.1 Å². The van der Waals surface area contributed by atoms with Crippen molar-refractivity contribution in [1.82, 2.24) is 14.6 Å². The highest BCUT2D eigenvalue weighted by Crippen LogP contribution is 2.41. The number of ether oxygens (including phenoxy) is 1. The zero-order valence-electron chi connectivity index (χ0n) is 17.4. The van der Waals surface area contributed by atoms with Gasteiger partial charge in [-0.1, -0.05) is 0 Å². The van der Waals surface area contributed by atoms with Crippen LogP contribution in [0, 0.1) is 0 Å². The summed E-state index contributed by atoms with van der Waals surface area (Å²) in [7, 11) is -13.9. The Morgan fingerprint density at radius 2 is 1.43 bits per heavy atom. The van der Waals surface area contributed by atoms with Crippen LogP contribution in [0.5, 0.6) is 0 Å². The summed E-state index contributed by atoms with van der Waals surface area (Å²) >= 11 is 5.83. The monoisotopic (exact) mass is 592 g/mol. The first-order valence-electron chi connectivity index (χ1n) is 8.51. The number of alkyl halides is 1. The number of nitrogens with zero attached hydrogens (tertiary/aromatic N) is 3. The molecule has 2 aromatic heterocycles.